The molecule has 1 atom stereocenters. The van der Waals surface area contributed by atoms with Gasteiger partial charge in [0.25, 0.3) is 0 Å². The molecule has 1 heterocycles. The molecular weight excluding hydrogens is 275 g/mol. The van der Waals surface area contributed by atoms with Crippen molar-refractivity contribution < 1.29 is 18.7 Å². The second-order valence-corrected chi connectivity index (χ2v) is 5.46. The molecule has 1 aliphatic heterocycles. The van der Waals surface area contributed by atoms with Crippen LogP contribution in [0.1, 0.15) is 25.7 Å². The molecule has 2 aliphatic rings. The highest BCUT2D eigenvalue weighted by Crippen LogP contribution is 2.27. The lowest BCUT2D eigenvalue weighted by Gasteiger charge is -2.15. The Balaban J connectivity index is 1.61. The van der Waals surface area contributed by atoms with Gasteiger partial charge < -0.3 is 20.1 Å². The lowest BCUT2D eigenvalue weighted by molar-refractivity contribution is 0.0682. The molecule has 3 rings (SSSR count). The van der Waals surface area contributed by atoms with Crippen LogP contribution < -0.4 is 15.4 Å². The van der Waals surface area contributed by atoms with Crippen LogP contribution in [0.3, 0.4) is 0 Å². The summed E-state index contributed by atoms with van der Waals surface area (Å²) in [6.45, 7) is 1.16. The third-order valence-corrected chi connectivity index (χ3v) is 3.55. The Labute approximate surface area is 122 Å². The number of amides is 2. The van der Waals surface area contributed by atoms with Crippen LogP contribution in [-0.2, 0) is 4.74 Å². The Bertz CT molecular complexity index is 514. The van der Waals surface area contributed by atoms with Gasteiger partial charge in [0.2, 0.25) is 0 Å². The molecule has 2 fully saturated rings. The minimum absolute atomic E-state index is 0.0724. The molecule has 0 bridgehead atoms. The zero-order valence-electron chi connectivity index (χ0n) is 11.7. The number of carbonyl (C=O) groups excluding carboxylic acids is 1. The third kappa shape index (κ3) is 4.07. The molecule has 2 N–H and O–H groups in total. The molecule has 0 aromatic heterocycles. The van der Waals surface area contributed by atoms with Crippen LogP contribution >= 0.6 is 0 Å². The minimum atomic E-state index is -0.416. The summed E-state index contributed by atoms with van der Waals surface area (Å²) in [6, 6.07) is 4.02. The third-order valence-electron chi connectivity index (χ3n) is 3.55. The van der Waals surface area contributed by atoms with Gasteiger partial charge in [0.15, 0.2) is 0 Å². The van der Waals surface area contributed by atoms with E-state index < -0.39 is 5.82 Å². The molecule has 1 aromatic rings. The van der Waals surface area contributed by atoms with Gasteiger partial charge in [-0.2, -0.15) is 0 Å². The molecule has 1 saturated carbocycles. The molecular formula is C15H19FN2O3. The fraction of sp³-hybridized carbons (Fsp3) is 0.533. The minimum Gasteiger partial charge on any atom is -0.489 e. The van der Waals surface area contributed by atoms with E-state index in [0.29, 0.717) is 18.0 Å². The van der Waals surface area contributed by atoms with Gasteiger partial charge in [0.05, 0.1) is 11.8 Å². The topological polar surface area (TPSA) is 59.6 Å². The number of hydrogen-bond acceptors (Lipinski definition) is 3. The van der Waals surface area contributed by atoms with Crippen molar-refractivity contribution in [2.75, 3.05) is 18.5 Å². The lowest BCUT2D eigenvalue weighted by atomic mass is 10.2. The summed E-state index contributed by atoms with van der Waals surface area (Å²) >= 11 is 0. The summed E-state index contributed by atoms with van der Waals surface area (Å²) in [5.41, 5.74) is 0.339. The fourth-order valence-corrected chi connectivity index (χ4v) is 2.26. The van der Waals surface area contributed by atoms with Gasteiger partial charge in [-0.25, -0.2) is 9.18 Å². The quantitative estimate of drug-likeness (QED) is 0.877. The maximum Gasteiger partial charge on any atom is 0.319 e. The molecule has 1 aromatic carbocycles. The van der Waals surface area contributed by atoms with Crippen molar-refractivity contribution in [3.63, 3.8) is 0 Å². The molecule has 1 saturated heterocycles. The fourth-order valence-electron chi connectivity index (χ4n) is 2.26. The summed E-state index contributed by atoms with van der Waals surface area (Å²) in [6.07, 6.45) is 4.07. The van der Waals surface area contributed by atoms with E-state index in [2.05, 4.69) is 10.6 Å². The zero-order chi connectivity index (χ0) is 14.7. The molecule has 2 amide bonds. The molecule has 0 spiro atoms. The molecule has 21 heavy (non-hydrogen) atoms. The van der Waals surface area contributed by atoms with Crippen molar-refractivity contribution in [3.05, 3.63) is 24.0 Å². The number of nitrogens with one attached hydrogen (secondary N) is 2. The number of hydrogen-bond donors (Lipinski definition) is 2. The number of benzene rings is 1. The predicted molar refractivity (Wildman–Crippen MR) is 76.0 cm³/mol. The van der Waals surface area contributed by atoms with Crippen LogP contribution in [0.25, 0.3) is 0 Å². The summed E-state index contributed by atoms with van der Waals surface area (Å²) in [7, 11) is 0. The van der Waals surface area contributed by atoms with Gasteiger partial charge >= 0.3 is 6.03 Å². The van der Waals surface area contributed by atoms with E-state index in [1.165, 1.54) is 18.2 Å². The monoisotopic (exact) mass is 294 g/mol. The summed E-state index contributed by atoms with van der Waals surface area (Å²) < 4.78 is 24.5. The number of carbonyl (C=O) groups is 1. The van der Waals surface area contributed by atoms with Crippen molar-refractivity contribution >= 4 is 11.7 Å². The van der Waals surface area contributed by atoms with E-state index in [1.54, 1.807) is 0 Å². The largest absolute Gasteiger partial charge is 0.489 e. The van der Waals surface area contributed by atoms with Gasteiger partial charge in [0, 0.05) is 18.7 Å². The molecule has 0 radical (unpaired) electrons. The van der Waals surface area contributed by atoms with E-state index in [4.69, 9.17) is 9.47 Å². The second kappa shape index (κ2) is 6.30. The first-order chi connectivity index (χ1) is 10.2. The Morgan fingerprint density at radius 2 is 2.24 bits per heavy atom. The van der Waals surface area contributed by atoms with E-state index in [9.17, 15) is 9.18 Å². The van der Waals surface area contributed by atoms with Crippen LogP contribution in [0.15, 0.2) is 18.2 Å². The van der Waals surface area contributed by atoms with Crippen LogP contribution in [0.2, 0.25) is 0 Å². The predicted octanol–water partition coefficient (Wildman–Crippen LogP) is 2.67. The van der Waals surface area contributed by atoms with Crippen molar-refractivity contribution in [3.8, 4) is 5.75 Å². The van der Waals surface area contributed by atoms with E-state index in [1.807, 2.05) is 0 Å². The maximum atomic E-state index is 13.4. The van der Waals surface area contributed by atoms with Gasteiger partial charge in [-0.3, -0.25) is 0 Å². The first-order valence-electron chi connectivity index (χ1n) is 7.32. The van der Waals surface area contributed by atoms with Crippen molar-refractivity contribution in [2.24, 2.45) is 0 Å². The molecule has 114 valence electrons. The number of ether oxygens (including phenoxy) is 2. The molecule has 0 unspecified atom stereocenters. The highest BCUT2D eigenvalue weighted by molar-refractivity contribution is 5.91. The number of halogens is 1. The van der Waals surface area contributed by atoms with Crippen LogP contribution in [0.4, 0.5) is 14.9 Å². The number of anilines is 1. The summed E-state index contributed by atoms with van der Waals surface area (Å²) in [5.74, 6) is 0.0408. The van der Waals surface area contributed by atoms with E-state index >= 15 is 0 Å². The Hall–Kier alpha value is -1.82. The van der Waals surface area contributed by atoms with Crippen LogP contribution in [0, 0.1) is 5.82 Å². The van der Waals surface area contributed by atoms with Crippen molar-refractivity contribution in [1.82, 2.24) is 5.32 Å². The highest BCUT2D eigenvalue weighted by Gasteiger charge is 2.24. The van der Waals surface area contributed by atoms with Gasteiger partial charge in [0.1, 0.15) is 18.2 Å². The number of urea groups is 1. The Kier molecular flexibility index (Phi) is 4.24. The second-order valence-electron chi connectivity index (χ2n) is 5.46. The van der Waals surface area contributed by atoms with Crippen molar-refractivity contribution in [2.45, 2.75) is 37.8 Å². The van der Waals surface area contributed by atoms with Crippen LogP contribution in [0.5, 0.6) is 5.75 Å². The summed E-state index contributed by atoms with van der Waals surface area (Å²) in [4.78, 5) is 11.8. The van der Waals surface area contributed by atoms with Gasteiger partial charge in [-0.1, -0.05) is 0 Å². The van der Waals surface area contributed by atoms with E-state index in [0.717, 1.165) is 32.3 Å². The average Bonchev–Trinajstić information content (AvgIpc) is 3.10. The molecule has 6 heteroatoms. The van der Waals surface area contributed by atoms with Gasteiger partial charge in [-0.15, -0.1) is 0 Å². The highest BCUT2D eigenvalue weighted by atomic mass is 19.1. The first kappa shape index (κ1) is 14.1. The Morgan fingerprint density at radius 1 is 1.38 bits per heavy atom. The average molecular weight is 294 g/mol. The lowest BCUT2D eigenvalue weighted by Crippen LogP contribution is -2.30. The van der Waals surface area contributed by atoms with Crippen molar-refractivity contribution in [1.29, 1.82) is 0 Å². The first-order valence-corrected chi connectivity index (χ1v) is 7.32. The molecule has 1 aliphatic carbocycles. The maximum absolute atomic E-state index is 13.4. The summed E-state index contributed by atoms with van der Waals surface area (Å²) in [5, 5.41) is 5.44. The SMILES string of the molecule is O=C(Nc1cc(F)ccc1OC[C@@H]1CCCO1)NC1CC1. The molecule has 5 nitrogen and oxygen atoms in total. The zero-order valence-corrected chi connectivity index (χ0v) is 11.7. The standard InChI is InChI=1S/C15H19FN2O3/c16-10-3-6-14(21-9-12-2-1-7-20-12)13(8-10)18-15(19)17-11-4-5-11/h3,6,8,11-12H,1-2,4-5,7,9H2,(H2,17,18,19)/t12-/m0/s1. The number of rotatable bonds is 5. The Morgan fingerprint density at radius 3 is 2.95 bits per heavy atom. The van der Waals surface area contributed by atoms with Gasteiger partial charge in [-0.05, 0) is 37.8 Å². The normalized spacial score (nSPS) is 21.1. The van der Waals surface area contributed by atoms with Crippen LogP contribution in [-0.4, -0.2) is 31.4 Å². The van der Waals surface area contributed by atoms with E-state index in [-0.39, 0.29) is 18.2 Å². The smallest absolute Gasteiger partial charge is 0.319 e.